The van der Waals surface area contributed by atoms with Crippen molar-refractivity contribution in [1.29, 1.82) is 0 Å². The van der Waals surface area contributed by atoms with Crippen LogP contribution >= 0.6 is 0 Å². The molecule has 27 heavy (non-hydrogen) atoms. The van der Waals surface area contributed by atoms with Gasteiger partial charge >= 0.3 is 0 Å². The molecule has 0 saturated carbocycles. The highest BCUT2D eigenvalue weighted by Crippen LogP contribution is 2.31. The summed E-state index contributed by atoms with van der Waals surface area (Å²) in [6.07, 6.45) is 0.160. The van der Waals surface area contributed by atoms with Gasteiger partial charge in [-0.25, -0.2) is 8.42 Å². The molecule has 0 N–H and O–H groups in total. The molecule has 0 saturated heterocycles. The lowest BCUT2D eigenvalue weighted by Crippen LogP contribution is -2.10. The zero-order chi connectivity index (χ0) is 19.4. The van der Waals surface area contributed by atoms with Gasteiger partial charge in [-0.2, -0.15) is 4.98 Å². The lowest BCUT2D eigenvalue weighted by atomic mass is 10.2. The topological polar surface area (TPSA) is 91.5 Å². The SMILES string of the molecule is COc1ccc(-c2nc(CCS(=O)(=O)c3ccc(C)cc3)no2)cc1OC. The zero-order valence-corrected chi connectivity index (χ0v) is 16.1. The van der Waals surface area contributed by atoms with E-state index in [-0.39, 0.29) is 17.1 Å². The van der Waals surface area contributed by atoms with Crippen LogP contribution in [0.15, 0.2) is 51.9 Å². The second kappa shape index (κ2) is 7.79. The van der Waals surface area contributed by atoms with Crippen LogP contribution in [0.3, 0.4) is 0 Å². The average Bonchev–Trinajstić information content (AvgIpc) is 3.15. The molecule has 142 valence electrons. The van der Waals surface area contributed by atoms with Crippen molar-refractivity contribution in [1.82, 2.24) is 10.1 Å². The fraction of sp³-hybridized carbons (Fsp3) is 0.263. The molecular weight excluding hydrogens is 368 g/mol. The van der Waals surface area contributed by atoms with E-state index in [4.69, 9.17) is 14.0 Å². The van der Waals surface area contributed by atoms with E-state index in [1.54, 1.807) is 49.6 Å². The molecule has 8 heteroatoms. The van der Waals surface area contributed by atoms with Crippen molar-refractivity contribution in [2.24, 2.45) is 0 Å². The molecule has 7 nitrogen and oxygen atoms in total. The van der Waals surface area contributed by atoms with Gasteiger partial charge in [0.15, 0.2) is 27.2 Å². The highest BCUT2D eigenvalue weighted by molar-refractivity contribution is 7.91. The van der Waals surface area contributed by atoms with E-state index in [9.17, 15) is 8.42 Å². The van der Waals surface area contributed by atoms with Crippen molar-refractivity contribution in [3.05, 3.63) is 53.9 Å². The number of methoxy groups -OCH3 is 2. The number of rotatable bonds is 7. The molecule has 0 aliphatic carbocycles. The standard InChI is InChI=1S/C19H20N2O5S/c1-13-4-7-15(8-5-13)27(22,23)11-10-18-20-19(26-21-18)14-6-9-16(24-2)17(12-14)25-3/h4-9,12H,10-11H2,1-3H3. The van der Waals surface area contributed by atoms with Crippen molar-refractivity contribution in [3.63, 3.8) is 0 Å². The van der Waals surface area contributed by atoms with Crippen LogP contribution in [-0.4, -0.2) is 38.5 Å². The number of aryl methyl sites for hydroxylation is 2. The maximum absolute atomic E-state index is 12.4. The average molecular weight is 388 g/mol. The van der Waals surface area contributed by atoms with Gasteiger partial charge in [0.2, 0.25) is 0 Å². The lowest BCUT2D eigenvalue weighted by molar-refractivity contribution is 0.355. The Bertz CT molecular complexity index is 1030. The fourth-order valence-electron chi connectivity index (χ4n) is 2.53. The van der Waals surface area contributed by atoms with Crippen molar-refractivity contribution < 1.29 is 22.4 Å². The summed E-state index contributed by atoms with van der Waals surface area (Å²) in [4.78, 5) is 4.57. The first kappa shape index (κ1) is 18.9. The van der Waals surface area contributed by atoms with Crippen LogP contribution in [0.1, 0.15) is 11.4 Å². The van der Waals surface area contributed by atoms with Gasteiger partial charge in [0.1, 0.15) is 0 Å². The van der Waals surface area contributed by atoms with E-state index in [0.29, 0.717) is 28.8 Å². The molecule has 3 rings (SSSR count). The number of ether oxygens (including phenoxy) is 2. The Hall–Kier alpha value is -2.87. The first-order chi connectivity index (χ1) is 12.9. The Morgan fingerprint density at radius 1 is 1.00 bits per heavy atom. The molecule has 0 bridgehead atoms. The molecule has 0 radical (unpaired) electrons. The van der Waals surface area contributed by atoms with E-state index < -0.39 is 9.84 Å². The van der Waals surface area contributed by atoms with Crippen LogP contribution in [0.5, 0.6) is 11.5 Å². The maximum Gasteiger partial charge on any atom is 0.258 e. The highest BCUT2D eigenvalue weighted by atomic mass is 32.2. The van der Waals surface area contributed by atoms with E-state index in [0.717, 1.165) is 5.56 Å². The van der Waals surface area contributed by atoms with E-state index in [1.165, 1.54) is 7.11 Å². The lowest BCUT2D eigenvalue weighted by Gasteiger charge is -2.07. The van der Waals surface area contributed by atoms with Crippen molar-refractivity contribution in [2.75, 3.05) is 20.0 Å². The number of aromatic nitrogens is 2. The molecule has 3 aromatic rings. The molecule has 0 fully saturated rings. The summed E-state index contributed by atoms with van der Waals surface area (Å²) >= 11 is 0. The van der Waals surface area contributed by atoms with Crippen LogP contribution in [0.25, 0.3) is 11.5 Å². The minimum Gasteiger partial charge on any atom is -0.493 e. The summed E-state index contributed by atoms with van der Waals surface area (Å²) in [5.74, 6) is 1.65. The second-order valence-corrected chi connectivity index (χ2v) is 8.08. The van der Waals surface area contributed by atoms with Crippen molar-refractivity contribution in [3.8, 4) is 23.0 Å². The van der Waals surface area contributed by atoms with E-state index >= 15 is 0 Å². The maximum atomic E-state index is 12.4. The number of benzene rings is 2. The van der Waals surface area contributed by atoms with Crippen LogP contribution in [0.4, 0.5) is 0 Å². The summed E-state index contributed by atoms with van der Waals surface area (Å²) < 4.78 is 40.6. The third-order valence-electron chi connectivity index (χ3n) is 4.07. The van der Waals surface area contributed by atoms with Gasteiger partial charge in [-0.1, -0.05) is 22.9 Å². The predicted octanol–water partition coefficient (Wildman–Crippen LogP) is 3.08. The predicted molar refractivity (Wildman–Crippen MR) is 99.8 cm³/mol. The molecule has 0 spiro atoms. The van der Waals surface area contributed by atoms with Gasteiger partial charge in [-0.15, -0.1) is 0 Å². The Morgan fingerprint density at radius 2 is 1.70 bits per heavy atom. The van der Waals surface area contributed by atoms with Crippen LogP contribution in [0, 0.1) is 6.92 Å². The van der Waals surface area contributed by atoms with Gasteiger partial charge in [0, 0.05) is 12.0 Å². The summed E-state index contributed by atoms with van der Waals surface area (Å²) in [7, 11) is -0.318. The smallest absolute Gasteiger partial charge is 0.258 e. The Balaban J connectivity index is 1.74. The van der Waals surface area contributed by atoms with Crippen LogP contribution in [0.2, 0.25) is 0 Å². The Kier molecular flexibility index (Phi) is 5.46. The minimum absolute atomic E-state index is 0.0963. The first-order valence-corrected chi connectivity index (χ1v) is 9.92. The zero-order valence-electron chi connectivity index (χ0n) is 15.3. The fourth-order valence-corrected chi connectivity index (χ4v) is 3.77. The molecule has 0 unspecified atom stereocenters. The van der Waals surface area contributed by atoms with E-state index in [1.807, 2.05) is 6.92 Å². The Morgan fingerprint density at radius 3 is 2.37 bits per heavy atom. The third kappa shape index (κ3) is 4.28. The number of nitrogens with zero attached hydrogens (tertiary/aromatic N) is 2. The minimum atomic E-state index is -3.41. The quantitative estimate of drug-likeness (QED) is 0.614. The summed E-state index contributed by atoms with van der Waals surface area (Å²) in [5.41, 5.74) is 1.67. The summed E-state index contributed by atoms with van der Waals surface area (Å²) in [5, 5.41) is 3.88. The molecule has 0 amide bonds. The third-order valence-corrected chi connectivity index (χ3v) is 5.81. The summed E-state index contributed by atoms with van der Waals surface area (Å²) in [6.45, 7) is 1.91. The van der Waals surface area contributed by atoms with Gasteiger partial charge in [-0.3, -0.25) is 0 Å². The number of sulfone groups is 1. The molecule has 2 aromatic carbocycles. The van der Waals surface area contributed by atoms with Gasteiger partial charge in [0.25, 0.3) is 5.89 Å². The van der Waals surface area contributed by atoms with Gasteiger partial charge in [0.05, 0.1) is 24.9 Å². The number of hydrogen-bond donors (Lipinski definition) is 0. The molecule has 0 atom stereocenters. The van der Waals surface area contributed by atoms with Gasteiger partial charge < -0.3 is 14.0 Å². The Labute approximate surface area is 157 Å². The van der Waals surface area contributed by atoms with Crippen molar-refractivity contribution >= 4 is 9.84 Å². The molecule has 0 aliphatic heterocycles. The molecule has 0 aliphatic rings. The second-order valence-electron chi connectivity index (χ2n) is 5.97. The summed E-state index contributed by atoms with van der Waals surface area (Å²) in [6, 6.07) is 12.0. The number of hydrogen-bond acceptors (Lipinski definition) is 7. The monoisotopic (exact) mass is 388 g/mol. The van der Waals surface area contributed by atoms with Crippen molar-refractivity contribution in [2.45, 2.75) is 18.2 Å². The first-order valence-electron chi connectivity index (χ1n) is 8.27. The highest BCUT2D eigenvalue weighted by Gasteiger charge is 2.17. The normalized spacial score (nSPS) is 11.4. The molecular formula is C19H20N2O5S. The molecule has 1 aromatic heterocycles. The van der Waals surface area contributed by atoms with E-state index in [2.05, 4.69) is 10.1 Å². The molecule has 1 heterocycles. The largest absolute Gasteiger partial charge is 0.493 e. The van der Waals surface area contributed by atoms with Crippen LogP contribution in [-0.2, 0) is 16.3 Å². The van der Waals surface area contributed by atoms with Gasteiger partial charge in [-0.05, 0) is 37.3 Å². The van der Waals surface area contributed by atoms with Crippen LogP contribution < -0.4 is 9.47 Å².